The molecule has 24 heavy (non-hydrogen) atoms. The molecule has 0 radical (unpaired) electrons. The molecule has 1 unspecified atom stereocenters. The summed E-state index contributed by atoms with van der Waals surface area (Å²) in [4.78, 5) is 0. The van der Waals surface area contributed by atoms with E-state index in [1.807, 2.05) is 6.92 Å². The zero-order chi connectivity index (χ0) is 17.9. The molecule has 0 aliphatic rings. The number of halogens is 3. The molecule has 1 atom stereocenters. The molecular formula is C17H18F3N3O. The average Bonchev–Trinajstić information content (AvgIpc) is 2.82. The quantitative estimate of drug-likeness (QED) is 0.881. The monoisotopic (exact) mass is 337 g/mol. The number of benzene rings is 1. The van der Waals surface area contributed by atoms with Crippen LogP contribution in [0, 0.1) is 18.3 Å². The number of nitrogens with zero attached hydrogens (tertiary/aromatic N) is 2. The highest BCUT2D eigenvalue weighted by molar-refractivity contribution is 5.34. The van der Waals surface area contributed by atoms with Crippen LogP contribution in [-0.4, -0.2) is 16.2 Å². The molecule has 0 bridgehead atoms. The third kappa shape index (κ3) is 3.96. The molecule has 0 fully saturated rings. The second-order valence-corrected chi connectivity index (χ2v) is 5.58. The van der Waals surface area contributed by atoms with Crippen molar-refractivity contribution in [3.63, 3.8) is 0 Å². The minimum absolute atomic E-state index is 0.109. The number of rotatable bonds is 5. The summed E-state index contributed by atoms with van der Waals surface area (Å²) >= 11 is 0. The molecule has 0 saturated carbocycles. The maximum absolute atomic E-state index is 12.7. The molecule has 0 amide bonds. The molecule has 2 aromatic rings. The van der Waals surface area contributed by atoms with Gasteiger partial charge in [-0.3, -0.25) is 0 Å². The van der Waals surface area contributed by atoms with E-state index in [9.17, 15) is 18.3 Å². The molecule has 0 aliphatic carbocycles. The Kier molecular flexibility index (Phi) is 5.32. The van der Waals surface area contributed by atoms with Crippen LogP contribution in [0.4, 0.5) is 13.2 Å². The van der Waals surface area contributed by atoms with Crippen LogP contribution >= 0.6 is 0 Å². The van der Waals surface area contributed by atoms with Crippen LogP contribution in [0.3, 0.4) is 0 Å². The van der Waals surface area contributed by atoms with Crippen LogP contribution in [0.5, 0.6) is 0 Å². The van der Waals surface area contributed by atoms with Crippen LogP contribution in [0.25, 0.3) is 0 Å². The van der Waals surface area contributed by atoms with Crippen LogP contribution in [0.2, 0.25) is 0 Å². The van der Waals surface area contributed by atoms with E-state index in [4.69, 9.17) is 5.26 Å². The topological polar surface area (TPSA) is 61.0 Å². The normalized spacial score (nSPS) is 12.9. The maximum atomic E-state index is 12.7. The van der Waals surface area contributed by atoms with Gasteiger partial charge in [0.2, 0.25) is 0 Å². The molecule has 1 aromatic heterocycles. The van der Waals surface area contributed by atoms with Gasteiger partial charge < -0.3 is 15.0 Å². The van der Waals surface area contributed by atoms with Crippen molar-refractivity contribution in [1.82, 2.24) is 9.88 Å². The Morgan fingerprint density at radius 3 is 2.62 bits per heavy atom. The van der Waals surface area contributed by atoms with Crippen LogP contribution in [0.15, 0.2) is 30.3 Å². The number of hydrogen-bond donors (Lipinski definition) is 2. The molecule has 1 heterocycles. The van der Waals surface area contributed by atoms with Crippen molar-refractivity contribution in [2.75, 3.05) is 6.54 Å². The van der Waals surface area contributed by atoms with Gasteiger partial charge >= 0.3 is 6.18 Å². The minimum Gasteiger partial charge on any atom is -0.387 e. The SMILES string of the molecule is Cc1c(CNCC(O)c2cccc(C(F)(F)F)c2)cc(C#N)n1C. The molecule has 0 saturated heterocycles. The molecule has 1 aromatic carbocycles. The summed E-state index contributed by atoms with van der Waals surface area (Å²) in [5, 5.41) is 22.1. The maximum Gasteiger partial charge on any atom is 0.416 e. The van der Waals surface area contributed by atoms with Crippen molar-refractivity contribution >= 4 is 0 Å². The van der Waals surface area contributed by atoms with Crippen molar-refractivity contribution in [2.24, 2.45) is 7.05 Å². The van der Waals surface area contributed by atoms with Gasteiger partial charge in [0, 0.05) is 25.8 Å². The van der Waals surface area contributed by atoms with Gasteiger partial charge in [-0.05, 0) is 36.2 Å². The molecule has 128 valence electrons. The summed E-state index contributed by atoms with van der Waals surface area (Å²) < 4.78 is 39.9. The second-order valence-electron chi connectivity index (χ2n) is 5.58. The summed E-state index contributed by atoms with van der Waals surface area (Å²) in [5.74, 6) is 0. The molecule has 2 rings (SSSR count). The first-order valence-corrected chi connectivity index (χ1v) is 7.35. The molecule has 2 N–H and O–H groups in total. The number of aliphatic hydroxyl groups excluding tert-OH is 1. The Morgan fingerprint density at radius 1 is 1.33 bits per heavy atom. The summed E-state index contributed by atoms with van der Waals surface area (Å²) in [5.41, 5.74) is 1.79. The Hall–Kier alpha value is -2.30. The molecule has 4 nitrogen and oxygen atoms in total. The third-order valence-electron chi connectivity index (χ3n) is 4.01. The Bertz CT molecular complexity index is 759. The Morgan fingerprint density at radius 2 is 2.04 bits per heavy atom. The highest BCUT2D eigenvalue weighted by Crippen LogP contribution is 2.30. The van der Waals surface area contributed by atoms with Crippen molar-refractivity contribution < 1.29 is 18.3 Å². The number of alkyl halides is 3. The van der Waals surface area contributed by atoms with E-state index in [-0.39, 0.29) is 12.1 Å². The van der Waals surface area contributed by atoms with E-state index in [2.05, 4.69) is 11.4 Å². The first kappa shape index (κ1) is 18.0. The van der Waals surface area contributed by atoms with Gasteiger partial charge in [0.25, 0.3) is 0 Å². The van der Waals surface area contributed by atoms with Gasteiger partial charge in [0.05, 0.1) is 11.7 Å². The van der Waals surface area contributed by atoms with Crippen LogP contribution in [-0.2, 0) is 19.8 Å². The fourth-order valence-corrected chi connectivity index (χ4v) is 2.43. The van der Waals surface area contributed by atoms with E-state index in [0.717, 1.165) is 23.4 Å². The lowest BCUT2D eigenvalue weighted by Crippen LogP contribution is -2.21. The summed E-state index contributed by atoms with van der Waals surface area (Å²) in [6.07, 6.45) is -5.48. The fourth-order valence-electron chi connectivity index (χ4n) is 2.43. The number of aromatic nitrogens is 1. The predicted molar refractivity (Wildman–Crippen MR) is 83.0 cm³/mol. The highest BCUT2D eigenvalue weighted by atomic mass is 19.4. The van der Waals surface area contributed by atoms with Gasteiger partial charge in [-0.1, -0.05) is 12.1 Å². The second kappa shape index (κ2) is 7.07. The molecule has 7 heteroatoms. The first-order valence-electron chi connectivity index (χ1n) is 7.35. The van der Waals surface area contributed by atoms with Gasteiger partial charge in [0.15, 0.2) is 0 Å². The summed E-state index contributed by atoms with van der Waals surface area (Å²) in [6.45, 7) is 2.40. The zero-order valence-corrected chi connectivity index (χ0v) is 13.4. The predicted octanol–water partition coefficient (Wildman–Crippen LogP) is 3.05. The number of nitriles is 1. The highest BCUT2D eigenvalue weighted by Gasteiger charge is 2.30. The van der Waals surface area contributed by atoms with Gasteiger partial charge in [0.1, 0.15) is 11.8 Å². The first-order chi connectivity index (χ1) is 11.2. The lowest BCUT2D eigenvalue weighted by atomic mass is 10.1. The number of hydrogen-bond acceptors (Lipinski definition) is 3. The van der Waals surface area contributed by atoms with E-state index in [1.54, 1.807) is 17.7 Å². The summed E-state index contributed by atoms with van der Waals surface area (Å²) in [7, 11) is 1.79. The van der Waals surface area contributed by atoms with Gasteiger partial charge in [-0.15, -0.1) is 0 Å². The van der Waals surface area contributed by atoms with E-state index in [1.165, 1.54) is 12.1 Å². The van der Waals surface area contributed by atoms with E-state index in [0.29, 0.717) is 12.2 Å². The molecule has 0 aliphatic heterocycles. The molecular weight excluding hydrogens is 319 g/mol. The smallest absolute Gasteiger partial charge is 0.387 e. The standard InChI is InChI=1S/C17H18F3N3O/c1-11-13(7-15(8-21)23(11)2)9-22-10-16(24)12-4-3-5-14(6-12)17(18,19)20/h3-7,16,22,24H,9-10H2,1-2H3. The van der Waals surface area contributed by atoms with Crippen molar-refractivity contribution in [1.29, 1.82) is 5.26 Å². The summed E-state index contributed by atoms with van der Waals surface area (Å²) in [6, 6.07) is 8.50. The lowest BCUT2D eigenvalue weighted by molar-refractivity contribution is -0.137. The van der Waals surface area contributed by atoms with Gasteiger partial charge in [-0.25, -0.2) is 0 Å². The zero-order valence-electron chi connectivity index (χ0n) is 13.4. The Balaban J connectivity index is 1.99. The van der Waals surface area contributed by atoms with Crippen molar-refractivity contribution in [3.05, 3.63) is 58.4 Å². The van der Waals surface area contributed by atoms with E-state index >= 15 is 0 Å². The van der Waals surface area contributed by atoms with Crippen molar-refractivity contribution in [2.45, 2.75) is 25.7 Å². The lowest BCUT2D eigenvalue weighted by Gasteiger charge is -2.14. The van der Waals surface area contributed by atoms with Crippen LogP contribution < -0.4 is 5.32 Å². The largest absolute Gasteiger partial charge is 0.416 e. The van der Waals surface area contributed by atoms with E-state index < -0.39 is 17.8 Å². The third-order valence-corrected chi connectivity index (χ3v) is 4.01. The Labute approximate surface area is 138 Å². The number of nitrogens with one attached hydrogen (secondary N) is 1. The average molecular weight is 337 g/mol. The van der Waals surface area contributed by atoms with Crippen molar-refractivity contribution in [3.8, 4) is 6.07 Å². The van der Waals surface area contributed by atoms with Gasteiger partial charge in [-0.2, -0.15) is 18.4 Å². The minimum atomic E-state index is -4.43. The molecule has 0 spiro atoms. The fraction of sp³-hybridized carbons (Fsp3) is 0.353. The van der Waals surface area contributed by atoms with Crippen LogP contribution in [0.1, 0.15) is 34.2 Å². The number of aliphatic hydroxyl groups is 1.